The molecule has 0 unspecified atom stereocenters. The van der Waals surface area contributed by atoms with Crippen LogP contribution in [0.4, 0.5) is 10.1 Å². The summed E-state index contributed by atoms with van der Waals surface area (Å²) in [7, 11) is 0. The molecular weight excluding hydrogens is 143 g/mol. The van der Waals surface area contributed by atoms with Crippen molar-refractivity contribution in [3.05, 3.63) is 29.1 Å². The predicted octanol–water partition coefficient (Wildman–Crippen LogP) is 1.59. The summed E-state index contributed by atoms with van der Waals surface area (Å²) in [5.41, 5.74) is 6.32. The molecule has 0 aliphatic rings. The Hall–Kier alpha value is -1.56. The summed E-state index contributed by atoms with van der Waals surface area (Å²) in [6.45, 7) is 1.65. The highest BCUT2D eigenvalue weighted by molar-refractivity contribution is 5.49. The van der Waals surface area contributed by atoms with Crippen LogP contribution in [0.15, 0.2) is 12.1 Å². The van der Waals surface area contributed by atoms with Gasteiger partial charge in [-0.3, -0.25) is 0 Å². The molecule has 1 aromatic rings. The molecule has 0 aromatic heterocycles. The Bertz CT molecular complexity index is 302. The van der Waals surface area contributed by atoms with Crippen molar-refractivity contribution < 1.29 is 4.39 Å². The van der Waals surface area contributed by atoms with Crippen molar-refractivity contribution >= 4 is 5.69 Å². The van der Waals surface area contributed by atoms with Crippen LogP contribution in [0.3, 0.4) is 0 Å². The molecule has 0 fully saturated rings. The van der Waals surface area contributed by atoms with Gasteiger partial charge in [0.1, 0.15) is 11.9 Å². The standard InChI is InChI=1S/C8H7FN2/c1-5-2-6(11)3-8(9)7(5)4-10/h2-3H,11H2,1H3. The minimum atomic E-state index is -0.551. The average molecular weight is 150 g/mol. The van der Waals surface area contributed by atoms with Crippen molar-refractivity contribution in [3.63, 3.8) is 0 Å². The smallest absolute Gasteiger partial charge is 0.143 e. The van der Waals surface area contributed by atoms with E-state index < -0.39 is 5.82 Å². The second kappa shape index (κ2) is 2.59. The van der Waals surface area contributed by atoms with Gasteiger partial charge in [-0.25, -0.2) is 4.39 Å². The van der Waals surface area contributed by atoms with Gasteiger partial charge in [0.05, 0.1) is 5.56 Å². The van der Waals surface area contributed by atoms with E-state index in [4.69, 9.17) is 11.0 Å². The molecule has 0 bridgehead atoms. The van der Waals surface area contributed by atoms with Gasteiger partial charge < -0.3 is 5.73 Å². The zero-order valence-electron chi connectivity index (χ0n) is 6.06. The first kappa shape index (κ1) is 7.55. The summed E-state index contributed by atoms with van der Waals surface area (Å²) in [6.07, 6.45) is 0. The Balaban J connectivity index is 3.40. The number of aryl methyl sites for hydroxylation is 1. The number of rotatable bonds is 0. The van der Waals surface area contributed by atoms with Crippen molar-refractivity contribution in [1.29, 1.82) is 5.26 Å². The summed E-state index contributed by atoms with van der Waals surface area (Å²) >= 11 is 0. The van der Waals surface area contributed by atoms with Gasteiger partial charge in [0.2, 0.25) is 0 Å². The normalized spacial score (nSPS) is 9.18. The zero-order chi connectivity index (χ0) is 8.43. The molecule has 0 radical (unpaired) electrons. The predicted molar refractivity (Wildman–Crippen MR) is 40.3 cm³/mol. The van der Waals surface area contributed by atoms with Crippen molar-refractivity contribution in [2.24, 2.45) is 0 Å². The number of nitrogens with zero attached hydrogens (tertiary/aromatic N) is 1. The van der Waals surface area contributed by atoms with Gasteiger partial charge in [-0.05, 0) is 24.6 Å². The molecule has 0 aliphatic carbocycles. The minimum absolute atomic E-state index is 0.0687. The molecule has 0 heterocycles. The molecule has 0 saturated heterocycles. The van der Waals surface area contributed by atoms with Gasteiger partial charge in [0.15, 0.2) is 0 Å². The summed E-state index contributed by atoms with van der Waals surface area (Å²) in [4.78, 5) is 0. The number of nitrogens with two attached hydrogens (primary N) is 1. The van der Waals surface area contributed by atoms with E-state index in [1.807, 2.05) is 0 Å². The zero-order valence-corrected chi connectivity index (χ0v) is 6.06. The topological polar surface area (TPSA) is 49.8 Å². The van der Waals surface area contributed by atoms with Crippen LogP contribution in [0.2, 0.25) is 0 Å². The van der Waals surface area contributed by atoms with Crippen molar-refractivity contribution in [2.45, 2.75) is 6.92 Å². The van der Waals surface area contributed by atoms with E-state index in [0.717, 1.165) is 6.07 Å². The highest BCUT2D eigenvalue weighted by Gasteiger charge is 2.04. The highest BCUT2D eigenvalue weighted by Crippen LogP contribution is 2.15. The molecule has 0 spiro atoms. The molecule has 0 amide bonds. The Labute approximate surface area is 64.1 Å². The first-order chi connectivity index (χ1) is 5.15. The lowest BCUT2D eigenvalue weighted by Crippen LogP contribution is -1.93. The van der Waals surface area contributed by atoms with Crippen LogP contribution < -0.4 is 5.73 Å². The number of halogens is 1. The Morgan fingerprint density at radius 1 is 1.55 bits per heavy atom. The average Bonchev–Trinajstić information content (AvgIpc) is 1.85. The first-order valence-electron chi connectivity index (χ1n) is 3.11. The van der Waals surface area contributed by atoms with Gasteiger partial charge in [-0.1, -0.05) is 0 Å². The van der Waals surface area contributed by atoms with E-state index >= 15 is 0 Å². The van der Waals surface area contributed by atoms with E-state index in [0.29, 0.717) is 11.3 Å². The van der Waals surface area contributed by atoms with Crippen LogP contribution in [0.1, 0.15) is 11.1 Å². The molecule has 2 nitrogen and oxygen atoms in total. The molecule has 0 aliphatic heterocycles. The van der Waals surface area contributed by atoms with Crippen LogP contribution in [0.5, 0.6) is 0 Å². The summed E-state index contributed by atoms with van der Waals surface area (Å²) < 4.78 is 12.8. The van der Waals surface area contributed by atoms with Crippen LogP contribution in [-0.4, -0.2) is 0 Å². The number of hydrogen-bond acceptors (Lipinski definition) is 2. The van der Waals surface area contributed by atoms with Crippen LogP contribution in [-0.2, 0) is 0 Å². The van der Waals surface area contributed by atoms with Gasteiger partial charge in [-0.2, -0.15) is 5.26 Å². The molecule has 1 aromatic carbocycles. The fraction of sp³-hybridized carbons (Fsp3) is 0.125. The van der Waals surface area contributed by atoms with E-state index in [9.17, 15) is 4.39 Å². The maximum atomic E-state index is 12.8. The number of anilines is 1. The van der Waals surface area contributed by atoms with E-state index in [1.54, 1.807) is 19.1 Å². The number of nitriles is 1. The minimum Gasteiger partial charge on any atom is -0.399 e. The maximum Gasteiger partial charge on any atom is 0.143 e. The SMILES string of the molecule is Cc1cc(N)cc(F)c1C#N. The fourth-order valence-corrected chi connectivity index (χ4v) is 0.912. The molecule has 2 N–H and O–H groups in total. The third-order valence-corrected chi connectivity index (χ3v) is 1.42. The van der Waals surface area contributed by atoms with Crippen LogP contribution >= 0.6 is 0 Å². The lowest BCUT2D eigenvalue weighted by molar-refractivity contribution is 0.623. The van der Waals surface area contributed by atoms with E-state index in [-0.39, 0.29) is 5.56 Å². The van der Waals surface area contributed by atoms with Gasteiger partial charge in [0, 0.05) is 5.69 Å². The molecular formula is C8H7FN2. The lowest BCUT2D eigenvalue weighted by Gasteiger charge is -1.99. The Morgan fingerprint density at radius 2 is 2.18 bits per heavy atom. The first-order valence-corrected chi connectivity index (χ1v) is 3.11. The van der Waals surface area contributed by atoms with Gasteiger partial charge in [0.25, 0.3) is 0 Å². The van der Waals surface area contributed by atoms with Crippen LogP contribution in [0, 0.1) is 24.1 Å². The maximum absolute atomic E-state index is 12.8. The second-order valence-electron chi connectivity index (χ2n) is 2.31. The number of nitrogen functional groups attached to an aromatic ring is 1. The molecule has 0 atom stereocenters. The van der Waals surface area contributed by atoms with Gasteiger partial charge >= 0.3 is 0 Å². The molecule has 3 heteroatoms. The monoisotopic (exact) mass is 150 g/mol. The Kier molecular flexibility index (Phi) is 1.77. The van der Waals surface area contributed by atoms with E-state index in [2.05, 4.69) is 0 Å². The summed E-state index contributed by atoms with van der Waals surface area (Å²) in [5, 5.41) is 8.46. The highest BCUT2D eigenvalue weighted by atomic mass is 19.1. The summed E-state index contributed by atoms with van der Waals surface area (Å²) in [6, 6.07) is 4.48. The largest absolute Gasteiger partial charge is 0.399 e. The number of benzene rings is 1. The third-order valence-electron chi connectivity index (χ3n) is 1.42. The quantitative estimate of drug-likeness (QED) is 0.571. The summed E-state index contributed by atoms with van der Waals surface area (Å²) in [5.74, 6) is -0.551. The van der Waals surface area contributed by atoms with Crippen molar-refractivity contribution in [1.82, 2.24) is 0 Å². The third kappa shape index (κ3) is 1.30. The fourth-order valence-electron chi connectivity index (χ4n) is 0.912. The second-order valence-corrected chi connectivity index (χ2v) is 2.31. The van der Waals surface area contributed by atoms with Crippen molar-refractivity contribution in [3.8, 4) is 6.07 Å². The molecule has 11 heavy (non-hydrogen) atoms. The molecule has 0 saturated carbocycles. The van der Waals surface area contributed by atoms with E-state index in [1.165, 1.54) is 0 Å². The molecule has 1 rings (SSSR count). The molecule has 56 valence electrons. The lowest BCUT2D eigenvalue weighted by atomic mass is 10.1. The van der Waals surface area contributed by atoms with Crippen molar-refractivity contribution in [2.75, 3.05) is 5.73 Å². The van der Waals surface area contributed by atoms with Crippen LogP contribution in [0.25, 0.3) is 0 Å². The Morgan fingerprint density at radius 3 is 2.64 bits per heavy atom. The number of hydrogen-bond donors (Lipinski definition) is 1. The van der Waals surface area contributed by atoms with Gasteiger partial charge in [-0.15, -0.1) is 0 Å².